The van der Waals surface area contributed by atoms with Gasteiger partial charge in [0.25, 0.3) is 0 Å². The maximum Gasteiger partial charge on any atom is 0.306 e. The molecule has 0 saturated carbocycles. The Kier molecular flexibility index (Phi) is 4.50. The van der Waals surface area contributed by atoms with Gasteiger partial charge in [0.1, 0.15) is 5.60 Å². The molecule has 0 radical (unpaired) electrons. The van der Waals surface area contributed by atoms with Crippen LogP contribution in [0.15, 0.2) is 30.9 Å². The van der Waals surface area contributed by atoms with Crippen molar-refractivity contribution in [3.8, 4) is 0 Å². The van der Waals surface area contributed by atoms with Crippen molar-refractivity contribution in [3.63, 3.8) is 0 Å². The molecule has 0 saturated heterocycles. The highest BCUT2D eigenvalue weighted by Crippen LogP contribution is 2.47. The number of carboxylic acid groups (broad SMARTS) is 1. The van der Waals surface area contributed by atoms with Crippen LogP contribution < -0.4 is 0 Å². The van der Waals surface area contributed by atoms with Crippen LogP contribution in [0.3, 0.4) is 0 Å². The van der Waals surface area contributed by atoms with Gasteiger partial charge in [-0.3, -0.25) is 4.79 Å². The number of hydrogen-bond acceptors (Lipinski definition) is 2. The molecule has 128 valence electrons. The molecule has 0 amide bonds. The molecule has 1 aromatic heterocycles. The molecule has 2 aromatic rings. The second-order valence-electron chi connectivity index (χ2n) is 6.56. The molecule has 1 aliphatic rings. The summed E-state index contributed by atoms with van der Waals surface area (Å²) in [4.78, 5) is 15.0. The fourth-order valence-electron chi connectivity index (χ4n) is 3.97. The van der Waals surface area contributed by atoms with Gasteiger partial charge in [0.05, 0.1) is 18.7 Å². The SMILES string of the molecule is C=CC[C@H]1COC(CC)(CC(=O)O)c2[nH]c3c(CC)cccc3c21. The average molecular weight is 327 g/mol. The van der Waals surface area contributed by atoms with E-state index in [2.05, 4.69) is 36.7 Å². The molecular weight excluding hydrogens is 302 g/mol. The third kappa shape index (κ3) is 2.55. The summed E-state index contributed by atoms with van der Waals surface area (Å²) < 4.78 is 6.16. The zero-order chi connectivity index (χ0) is 17.3. The van der Waals surface area contributed by atoms with Crippen LogP contribution in [-0.2, 0) is 21.6 Å². The summed E-state index contributed by atoms with van der Waals surface area (Å²) in [6, 6.07) is 6.34. The number of hydrogen-bond donors (Lipinski definition) is 2. The number of H-pyrrole nitrogens is 1. The van der Waals surface area contributed by atoms with Crippen LogP contribution in [0.5, 0.6) is 0 Å². The molecule has 24 heavy (non-hydrogen) atoms. The van der Waals surface area contributed by atoms with Crippen molar-refractivity contribution in [2.24, 2.45) is 0 Å². The Balaban J connectivity index is 2.28. The number of ether oxygens (including phenoxy) is 1. The summed E-state index contributed by atoms with van der Waals surface area (Å²) >= 11 is 0. The first-order valence-electron chi connectivity index (χ1n) is 8.66. The molecule has 2 atom stereocenters. The molecule has 2 heterocycles. The minimum absolute atomic E-state index is 0.0222. The number of benzene rings is 1. The zero-order valence-electron chi connectivity index (χ0n) is 14.4. The van der Waals surface area contributed by atoms with Gasteiger partial charge < -0.3 is 14.8 Å². The number of carbonyl (C=O) groups is 1. The normalized spacial score (nSPS) is 23.2. The fourth-order valence-corrected chi connectivity index (χ4v) is 3.97. The number of allylic oxidation sites excluding steroid dienone is 1. The molecule has 0 spiro atoms. The van der Waals surface area contributed by atoms with Gasteiger partial charge in [0.2, 0.25) is 0 Å². The lowest BCUT2D eigenvalue weighted by Gasteiger charge is -2.39. The van der Waals surface area contributed by atoms with Gasteiger partial charge in [-0.25, -0.2) is 0 Å². The van der Waals surface area contributed by atoms with Gasteiger partial charge in [-0.15, -0.1) is 6.58 Å². The Hall–Kier alpha value is -2.07. The zero-order valence-corrected chi connectivity index (χ0v) is 14.4. The van der Waals surface area contributed by atoms with E-state index in [9.17, 15) is 9.90 Å². The number of aromatic nitrogens is 1. The van der Waals surface area contributed by atoms with Gasteiger partial charge in [-0.05, 0) is 30.4 Å². The van der Waals surface area contributed by atoms with E-state index in [0.29, 0.717) is 13.0 Å². The topological polar surface area (TPSA) is 62.3 Å². The van der Waals surface area contributed by atoms with E-state index >= 15 is 0 Å². The predicted molar refractivity (Wildman–Crippen MR) is 95.4 cm³/mol. The molecule has 1 aliphatic heterocycles. The summed E-state index contributed by atoms with van der Waals surface area (Å²) in [6.45, 7) is 8.53. The van der Waals surface area contributed by atoms with Crippen molar-refractivity contribution in [1.82, 2.24) is 4.98 Å². The molecule has 0 fully saturated rings. The summed E-state index contributed by atoms with van der Waals surface area (Å²) in [5.74, 6) is -0.619. The Morgan fingerprint density at radius 2 is 2.29 bits per heavy atom. The quantitative estimate of drug-likeness (QED) is 0.768. The largest absolute Gasteiger partial charge is 0.481 e. The summed E-state index contributed by atoms with van der Waals surface area (Å²) in [5.41, 5.74) is 3.76. The van der Waals surface area contributed by atoms with Crippen LogP contribution in [0.1, 0.15) is 55.8 Å². The van der Waals surface area contributed by atoms with E-state index in [0.717, 1.165) is 24.1 Å². The lowest BCUT2D eigenvalue weighted by Crippen LogP contribution is -2.38. The third-order valence-corrected chi connectivity index (χ3v) is 5.22. The number of aliphatic carboxylic acids is 1. The first-order chi connectivity index (χ1) is 11.6. The summed E-state index contributed by atoms with van der Waals surface area (Å²) in [7, 11) is 0. The van der Waals surface area contributed by atoms with Gasteiger partial charge >= 0.3 is 5.97 Å². The van der Waals surface area contributed by atoms with Crippen molar-refractivity contribution in [2.45, 2.75) is 51.0 Å². The molecule has 1 aromatic carbocycles. The highest BCUT2D eigenvalue weighted by atomic mass is 16.5. The van der Waals surface area contributed by atoms with Crippen LogP contribution in [0.4, 0.5) is 0 Å². The lowest BCUT2D eigenvalue weighted by molar-refractivity contribution is -0.149. The van der Waals surface area contributed by atoms with Crippen molar-refractivity contribution < 1.29 is 14.6 Å². The molecular formula is C20H25NO3. The number of nitrogens with one attached hydrogen (secondary N) is 1. The third-order valence-electron chi connectivity index (χ3n) is 5.22. The number of carboxylic acids is 1. The maximum absolute atomic E-state index is 11.5. The molecule has 4 nitrogen and oxygen atoms in total. The minimum atomic E-state index is -0.834. The monoisotopic (exact) mass is 327 g/mol. The second-order valence-corrected chi connectivity index (χ2v) is 6.56. The number of fused-ring (bicyclic) bond motifs is 3. The predicted octanol–water partition coefficient (Wildman–Crippen LogP) is 4.50. The van der Waals surface area contributed by atoms with E-state index in [1.165, 1.54) is 16.5 Å². The molecule has 1 unspecified atom stereocenters. The molecule has 3 rings (SSSR count). The Morgan fingerprint density at radius 3 is 2.92 bits per heavy atom. The highest BCUT2D eigenvalue weighted by molar-refractivity contribution is 5.89. The number of rotatable bonds is 6. The molecule has 2 N–H and O–H groups in total. The Bertz CT molecular complexity index is 777. The van der Waals surface area contributed by atoms with Gasteiger partial charge in [-0.1, -0.05) is 38.1 Å². The first kappa shape index (κ1) is 16.8. The molecule has 0 bridgehead atoms. The molecule has 4 heteroatoms. The fraction of sp³-hybridized carbons (Fsp3) is 0.450. The molecule has 0 aliphatic carbocycles. The highest BCUT2D eigenvalue weighted by Gasteiger charge is 2.43. The van der Waals surface area contributed by atoms with E-state index in [1.54, 1.807) is 0 Å². The van der Waals surface area contributed by atoms with Crippen LogP contribution in [0.2, 0.25) is 0 Å². The standard InChI is InChI=1S/C20H25NO3/c1-4-8-14-12-24-20(6-3,11-16(22)23)19-17(14)15-10-7-9-13(5-2)18(15)21-19/h4,7,9-10,14,21H,1,5-6,8,11-12H2,2-3H3,(H,22,23)/t14-,20?/m0/s1. The summed E-state index contributed by atoms with van der Waals surface area (Å²) in [5, 5.41) is 10.6. The summed E-state index contributed by atoms with van der Waals surface area (Å²) in [6.07, 6.45) is 4.27. The van der Waals surface area contributed by atoms with Crippen molar-refractivity contribution in [1.29, 1.82) is 0 Å². The van der Waals surface area contributed by atoms with Crippen LogP contribution in [0.25, 0.3) is 10.9 Å². The van der Waals surface area contributed by atoms with Crippen molar-refractivity contribution in [3.05, 3.63) is 47.7 Å². The Morgan fingerprint density at radius 1 is 1.50 bits per heavy atom. The number of para-hydroxylation sites is 1. The maximum atomic E-state index is 11.5. The van der Waals surface area contributed by atoms with E-state index in [-0.39, 0.29) is 12.3 Å². The van der Waals surface area contributed by atoms with Crippen LogP contribution in [-0.4, -0.2) is 22.7 Å². The lowest BCUT2D eigenvalue weighted by atomic mass is 9.81. The second kappa shape index (κ2) is 6.44. The van der Waals surface area contributed by atoms with E-state index in [4.69, 9.17) is 4.74 Å². The number of aromatic amines is 1. The van der Waals surface area contributed by atoms with Gasteiger partial charge in [0, 0.05) is 16.8 Å². The Labute approximate surface area is 142 Å². The van der Waals surface area contributed by atoms with Crippen molar-refractivity contribution >= 4 is 16.9 Å². The van der Waals surface area contributed by atoms with Crippen LogP contribution in [0, 0.1) is 0 Å². The number of aryl methyl sites for hydroxylation is 1. The average Bonchev–Trinajstić information content (AvgIpc) is 2.97. The van der Waals surface area contributed by atoms with Gasteiger partial charge in [0.15, 0.2) is 0 Å². The van der Waals surface area contributed by atoms with E-state index < -0.39 is 11.6 Å². The minimum Gasteiger partial charge on any atom is -0.481 e. The first-order valence-corrected chi connectivity index (χ1v) is 8.66. The van der Waals surface area contributed by atoms with E-state index in [1.807, 2.05) is 13.0 Å². The van der Waals surface area contributed by atoms with Crippen molar-refractivity contribution in [2.75, 3.05) is 6.61 Å². The smallest absolute Gasteiger partial charge is 0.306 e. The van der Waals surface area contributed by atoms with Crippen LogP contribution >= 0.6 is 0 Å². The van der Waals surface area contributed by atoms with Gasteiger partial charge in [-0.2, -0.15) is 0 Å².